The van der Waals surface area contributed by atoms with Gasteiger partial charge in [-0.2, -0.15) is 0 Å². The van der Waals surface area contributed by atoms with E-state index in [1.165, 1.54) is 5.39 Å². The maximum atomic E-state index is 5.65. The van der Waals surface area contributed by atoms with Crippen LogP contribution >= 0.6 is 0 Å². The van der Waals surface area contributed by atoms with E-state index in [9.17, 15) is 0 Å². The summed E-state index contributed by atoms with van der Waals surface area (Å²) in [5.74, 6) is 0.600. The lowest BCUT2D eigenvalue weighted by molar-refractivity contribution is 1.37. The van der Waals surface area contributed by atoms with Gasteiger partial charge in [-0.1, -0.05) is 48.5 Å². The fourth-order valence-electron chi connectivity index (χ4n) is 2.16. The Kier molecular flexibility index (Phi) is 3.74. The van der Waals surface area contributed by atoms with Crippen molar-refractivity contribution >= 4 is 27.5 Å². The number of anilines is 1. The Morgan fingerprint density at radius 2 is 1.33 bits per heavy atom. The van der Waals surface area contributed by atoms with Crippen molar-refractivity contribution in [2.45, 2.75) is 0 Å². The zero-order valence-electron chi connectivity index (χ0n) is 11.5. The van der Waals surface area contributed by atoms with Crippen LogP contribution in [-0.2, 0) is 0 Å². The first-order chi connectivity index (χ1) is 10.3. The molecule has 0 bridgehead atoms. The molecule has 0 aliphatic rings. The third-order valence-electron chi connectivity index (χ3n) is 3.22. The van der Waals surface area contributed by atoms with Gasteiger partial charge in [0.2, 0.25) is 0 Å². The summed E-state index contributed by atoms with van der Waals surface area (Å²) in [5, 5.41) is 3.36. The minimum atomic E-state index is 0.600. The summed E-state index contributed by atoms with van der Waals surface area (Å²) in [6, 6.07) is 22.0. The Hall–Kier alpha value is -2.94. The van der Waals surface area contributed by atoms with Crippen LogP contribution in [0.4, 0.5) is 5.82 Å². The van der Waals surface area contributed by atoms with E-state index in [1.54, 1.807) is 6.20 Å². The highest BCUT2D eigenvalue weighted by atomic mass is 14.8. The number of pyridine rings is 2. The second-order valence-corrected chi connectivity index (χ2v) is 4.61. The minimum absolute atomic E-state index is 0.600. The third-order valence-corrected chi connectivity index (χ3v) is 3.22. The van der Waals surface area contributed by atoms with Crippen LogP contribution in [0.3, 0.4) is 0 Å². The van der Waals surface area contributed by atoms with E-state index in [1.807, 2.05) is 60.8 Å². The largest absolute Gasteiger partial charge is 0.383 e. The highest BCUT2D eigenvalue weighted by molar-refractivity contribution is 5.90. The van der Waals surface area contributed by atoms with Crippen molar-refractivity contribution in [2.75, 3.05) is 5.73 Å². The molecule has 0 amide bonds. The Morgan fingerprint density at radius 3 is 2.14 bits per heavy atom. The van der Waals surface area contributed by atoms with Crippen LogP contribution in [0.15, 0.2) is 79.1 Å². The molecular weight excluding hydrogens is 258 g/mol. The van der Waals surface area contributed by atoms with E-state index in [0.717, 1.165) is 16.3 Å². The first-order valence-corrected chi connectivity index (χ1v) is 6.73. The smallest absolute Gasteiger partial charge is 0.131 e. The molecule has 3 nitrogen and oxygen atoms in total. The van der Waals surface area contributed by atoms with Crippen molar-refractivity contribution in [1.82, 2.24) is 9.97 Å². The highest BCUT2D eigenvalue weighted by Gasteiger charge is 1.94. The van der Waals surface area contributed by atoms with Gasteiger partial charge < -0.3 is 5.73 Å². The van der Waals surface area contributed by atoms with Gasteiger partial charge in [-0.15, -0.1) is 0 Å². The summed E-state index contributed by atoms with van der Waals surface area (Å²) in [7, 11) is 0. The molecular formula is C18H15N3. The van der Waals surface area contributed by atoms with Gasteiger partial charge in [0.25, 0.3) is 0 Å². The van der Waals surface area contributed by atoms with Crippen molar-refractivity contribution in [1.29, 1.82) is 0 Å². The fourth-order valence-corrected chi connectivity index (χ4v) is 2.16. The molecule has 3 heteroatoms. The number of nitrogens with zero attached hydrogens (tertiary/aromatic N) is 2. The van der Waals surface area contributed by atoms with Gasteiger partial charge >= 0.3 is 0 Å². The summed E-state index contributed by atoms with van der Waals surface area (Å²) >= 11 is 0. The predicted octanol–water partition coefficient (Wildman–Crippen LogP) is 4.05. The summed E-state index contributed by atoms with van der Waals surface area (Å²) in [6.45, 7) is 0. The van der Waals surface area contributed by atoms with Crippen LogP contribution in [0.1, 0.15) is 0 Å². The molecule has 2 heterocycles. The van der Waals surface area contributed by atoms with Gasteiger partial charge in [0.05, 0.1) is 5.52 Å². The molecule has 4 aromatic rings. The molecule has 2 aromatic heterocycles. The lowest BCUT2D eigenvalue weighted by Crippen LogP contribution is -1.89. The van der Waals surface area contributed by atoms with Gasteiger partial charge in [0, 0.05) is 23.2 Å². The monoisotopic (exact) mass is 273 g/mol. The van der Waals surface area contributed by atoms with E-state index >= 15 is 0 Å². The van der Waals surface area contributed by atoms with Crippen molar-refractivity contribution in [3.8, 4) is 0 Å². The van der Waals surface area contributed by atoms with Gasteiger partial charge in [-0.3, -0.25) is 4.98 Å². The van der Waals surface area contributed by atoms with Crippen LogP contribution in [0, 0.1) is 0 Å². The van der Waals surface area contributed by atoms with E-state index < -0.39 is 0 Å². The van der Waals surface area contributed by atoms with E-state index in [2.05, 4.69) is 22.1 Å². The van der Waals surface area contributed by atoms with Crippen LogP contribution in [0.5, 0.6) is 0 Å². The number of rotatable bonds is 0. The molecule has 4 rings (SSSR count). The molecule has 0 unspecified atom stereocenters. The Balaban J connectivity index is 0.000000126. The zero-order valence-corrected chi connectivity index (χ0v) is 11.5. The Bertz CT molecular complexity index is 801. The van der Waals surface area contributed by atoms with Crippen LogP contribution in [0.25, 0.3) is 21.7 Å². The zero-order chi connectivity index (χ0) is 14.5. The summed E-state index contributed by atoms with van der Waals surface area (Å²) < 4.78 is 0. The number of para-hydroxylation sites is 1. The number of aromatic nitrogens is 2. The Morgan fingerprint density at radius 1 is 0.619 bits per heavy atom. The van der Waals surface area contributed by atoms with E-state index in [-0.39, 0.29) is 0 Å². The van der Waals surface area contributed by atoms with E-state index in [4.69, 9.17) is 5.73 Å². The summed E-state index contributed by atoms with van der Waals surface area (Å²) in [6.07, 6.45) is 3.53. The maximum absolute atomic E-state index is 5.65. The molecule has 0 radical (unpaired) electrons. The van der Waals surface area contributed by atoms with Crippen LogP contribution in [-0.4, -0.2) is 9.97 Å². The van der Waals surface area contributed by atoms with Crippen LogP contribution < -0.4 is 5.73 Å². The van der Waals surface area contributed by atoms with E-state index in [0.29, 0.717) is 5.82 Å². The summed E-state index contributed by atoms with van der Waals surface area (Å²) in [4.78, 5) is 8.17. The maximum Gasteiger partial charge on any atom is 0.131 e. The van der Waals surface area contributed by atoms with Gasteiger partial charge in [-0.25, -0.2) is 4.98 Å². The molecule has 0 fully saturated rings. The molecule has 0 spiro atoms. The lowest BCUT2D eigenvalue weighted by atomic mass is 10.2. The average Bonchev–Trinajstić information content (AvgIpc) is 2.56. The first kappa shape index (κ1) is 13.1. The third kappa shape index (κ3) is 2.98. The normalized spacial score (nSPS) is 10.1. The van der Waals surface area contributed by atoms with Crippen molar-refractivity contribution in [3.05, 3.63) is 79.1 Å². The molecule has 0 atom stereocenters. The number of benzene rings is 2. The molecule has 102 valence electrons. The quantitative estimate of drug-likeness (QED) is 0.526. The van der Waals surface area contributed by atoms with Crippen molar-refractivity contribution in [2.24, 2.45) is 0 Å². The highest BCUT2D eigenvalue weighted by Crippen LogP contribution is 2.16. The predicted molar refractivity (Wildman–Crippen MR) is 87.9 cm³/mol. The summed E-state index contributed by atoms with van der Waals surface area (Å²) in [5.41, 5.74) is 6.71. The SMILES string of the molecule is Nc1nccc2ccccc12.c1ccc2ncccc2c1. The number of hydrogen-bond acceptors (Lipinski definition) is 3. The molecule has 21 heavy (non-hydrogen) atoms. The molecule has 0 saturated carbocycles. The molecule has 2 N–H and O–H groups in total. The van der Waals surface area contributed by atoms with Gasteiger partial charge in [-0.05, 0) is 23.6 Å². The fraction of sp³-hybridized carbons (Fsp3) is 0. The second kappa shape index (κ2) is 6.01. The second-order valence-electron chi connectivity index (χ2n) is 4.61. The molecule has 0 saturated heterocycles. The van der Waals surface area contributed by atoms with Gasteiger partial charge in [0.1, 0.15) is 5.82 Å². The minimum Gasteiger partial charge on any atom is -0.383 e. The first-order valence-electron chi connectivity index (χ1n) is 6.73. The lowest BCUT2D eigenvalue weighted by Gasteiger charge is -1.97. The number of nitrogens with two attached hydrogens (primary N) is 1. The van der Waals surface area contributed by atoms with Crippen molar-refractivity contribution < 1.29 is 0 Å². The average molecular weight is 273 g/mol. The molecule has 0 aliphatic carbocycles. The molecule has 2 aromatic carbocycles. The molecule has 0 aliphatic heterocycles. The van der Waals surface area contributed by atoms with Gasteiger partial charge in [0.15, 0.2) is 0 Å². The van der Waals surface area contributed by atoms with Crippen molar-refractivity contribution in [3.63, 3.8) is 0 Å². The topological polar surface area (TPSA) is 51.8 Å². The Labute approximate surface area is 123 Å². The number of nitrogen functional groups attached to an aromatic ring is 1. The number of hydrogen-bond donors (Lipinski definition) is 1. The standard InChI is InChI=1S/C9H8N2.C9H7N/c10-9-8-4-2-1-3-7(8)5-6-11-9;1-2-6-9-8(4-1)5-3-7-10-9/h1-6H,(H2,10,11);1-7H. The van der Waals surface area contributed by atoms with Crippen LogP contribution in [0.2, 0.25) is 0 Å². The number of fused-ring (bicyclic) bond motifs is 2.